The van der Waals surface area contributed by atoms with E-state index in [9.17, 15) is 9.18 Å². The Hall–Kier alpha value is -1.87. The molecule has 14 heavy (non-hydrogen) atoms. The summed E-state index contributed by atoms with van der Waals surface area (Å²) in [6.45, 7) is 0.132. The minimum atomic E-state index is -0.378. The van der Waals surface area contributed by atoms with Crippen LogP contribution in [-0.2, 0) is 0 Å². The summed E-state index contributed by atoms with van der Waals surface area (Å²) in [5.41, 5.74) is 8.41. The Morgan fingerprint density at radius 2 is 2.07 bits per heavy atom. The van der Waals surface area contributed by atoms with Crippen LogP contribution in [0.15, 0.2) is 29.4 Å². The van der Waals surface area contributed by atoms with Crippen LogP contribution in [0.3, 0.4) is 0 Å². The summed E-state index contributed by atoms with van der Waals surface area (Å²) in [4.78, 5) is 13.9. The monoisotopic (exact) mass is 193 g/mol. The Morgan fingerprint density at radius 1 is 1.43 bits per heavy atom. The first-order chi connectivity index (χ1) is 6.74. The second-order valence-electron chi connectivity index (χ2n) is 2.63. The van der Waals surface area contributed by atoms with Gasteiger partial charge in [-0.3, -0.25) is 4.79 Å². The highest BCUT2D eigenvalue weighted by atomic mass is 19.1. The number of rotatable bonds is 4. The Labute approximate surface area is 80.0 Å². The fraction of sp³-hybridized carbons (Fsp3) is 0.222. The molecule has 0 bridgehead atoms. The lowest BCUT2D eigenvalue weighted by Gasteiger charge is -1.97. The third kappa shape index (κ3) is 2.88. The van der Waals surface area contributed by atoms with Crippen LogP contribution in [0.25, 0.3) is 10.4 Å². The molecule has 0 fully saturated rings. The zero-order valence-electron chi connectivity index (χ0n) is 7.35. The maximum atomic E-state index is 12.5. The minimum absolute atomic E-state index is 0.132. The maximum Gasteiger partial charge on any atom is 0.163 e. The zero-order valence-corrected chi connectivity index (χ0v) is 7.35. The number of ketones is 1. The van der Waals surface area contributed by atoms with Crippen molar-refractivity contribution < 1.29 is 9.18 Å². The smallest absolute Gasteiger partial charge is 0.163 e. The first kappa shape index (κ1) is 10.2. The van der Waals surface area contributed by atoms with Gasteiger partial charge in [-0.25, -0.2) is 4.39 Å². The van der Waals surface area contributed by atoms with Crippen molar-refractivity contribution in [1.29, 1.82) is 0 Å². The number of nitrogens with zero attached hydrogens (tertiary/aromatic N) is 3. The van der Waals surface area contributed by atoms with Gasteiger partial charge in [0.05, 0.1) is 0 Å². The summed E-state index contributed by atoms with van der Waals surface area (Å²) in [6.07, 6.45) is 0.149. The molecular weight excluding hydrogens is 185 g/mol. The van der Waals surface area contributed by atoms with Gasteiger partial charge in [0.15, 0.2) is 5.78 Å². The fourth-order valence-corrected chi connectivity index (χ4v) is 0.976. The van der Waals surface area contributed by atoms with Crippen LogP contribution in [0.4, 0.5) is 4.39 Å². The number of hydrogen-bond donors (Lipinski definition) is 0. The molecular formula is C9H8FN3O. The van der Waals surface area contributed by atoms with E-state index in [-0.39, 0.29) is 24.6 Å². The maximum absolute atomic E-state index is 12.5. The average Bonchev–Trinajstić information content (AvgIpc) is 2.19. The van der Waals surface area contributed by atoms with Crippen LogP contribution >= 0.6 is 0 Å². The highest BCUT2D eigenvalue weighted by Crippen LogP contribution is 2.05. The van der Waals surface area contributed by atoms with Gasteiger partial charge in [-0.2, -0.15) is 0 Å². The predicted molar refractivity (Wildman–Crippen MR) is 49.4 cm³/mol. The molecule has 0 amide bonds. The Morgan fingerprint density at radius 3 is 2.64 bits per heavy atom. The molecule has 1 aromatic carbocycles. The van der Waals surface area contributed by atoms with Crippen LogP contribution in [0.5, 0.6) is 0 Å². The normalized spacial score (nSPS) is 9.21. The molecule has 0 heterocycles. The van der Waals surface area contributed by atoms with Gasteiger partial charge < -0.3 is 0 Å². The average molecular weight is 193 g/mol. The summed E-state index contributed by atoms with van der Waals surface area (Å²) in [6, 6.07) is 5.27. The lowest BCUT2D eigenvalue weighted by molar-refractivity contribution is 0.0985. The number of hydrogen-bond acceptors (Lipinski definition) is 2. The van der Waals surface area contributed by atoms with Crippen molar-refractivity contribution in [2.75, 3.05) is 6.54 Å². The number of halogens is 1. The molecule has 0 aliphatic heterocycles. The summed E-state index contributed by atoms with van der Waals surface area (Å²) >= 11 is 0. The van der Waals surface area contributed by atoms with Crippen molar-refractivity contribution in [2.24, 2.45) is 5.11 Å². The summed E-state index contributed by atoms with van der Waals surface area (Å²) in [7, 11) is 0. The standard InChI is InChI=1S/C9H8FN3O/c10-8-3-1-7(2-4-8)9(14)5-6-12-13-11/h1-4H,5-6H2. The second-order valence-corrected chi connectivity index (χ2v) is 2.63. The molecule has 0 saturated carbocycles. The number of azide groups is 1. The first-order valence-electron chi connectivity index (χ1n) is 4.03. The number of carbonyl (C=O) groups is 1. The van der Waals surface area contributed by atoms with Crippen LogP contribution in [0, 0.1) is 5.82 Å². The Balaban J connectivity index is 2.60. The van der Waals surface area contributed by atoms with E-state index in [1.54, 1.807) is 0 Å². The van der Waals surface area contributed by atoms with E-state index < -0.39 is 0 Å². The lowest BCUT2D eigenvalue weighted by atomic mass is 10.1. The molecule has 1 aromatic rings. The van der Waals surface area contributed by atoms with Crippen molar-refractivity contribution in [2.45, 2.75) is 6.42 Å². The Kier molecular flexibility index (Phi) is 3.64. The van der Waals surface area contributed by atoms with Crippen molar-refractivity contribution in [3.8, 4) is 0 Å². The van der Waals surface area contributed by atoms with E-state index in [0.29, 0.717) is 5.56 Å². The largest absolute Gasteiger partial charge is 0.294 e. The topological polar surface area (TPSA) is 65.8 Å². The number of carbonyl (C=O) groups excluding carboxylic acids is 1. The quantitative estimate of drug-likeness (QED) is 0.313. The van der Waals surface area contributed by atoms with Crippen LogP contribution in [-0.4, -0.2) is 12.3 Å². The number of benzene rings is 1. The van der Waals surface area contributed by atoms with Crippen LogP contribution in [0.2, 0.25) is 0 Å². The Bertz CT molecular complexity index is 368. The van der Waals surface area contributed by atoms with Gasteiger partial charge in [-0.05, 0) is 29.8 Å². The van der Waals surface area contributed by atoms with Crippen molar-refractivity contribution >= 4 is 5.78 Å². The highest BCUT2D eigenvalue weighted by Gasteiger charge is 2.04. The molecule has 4 nitrogen and oxygen atoms in total. The van der Waals surface area contributed by atoms with E-state index in [2.05, 4.69) is 10.0 Å². The van der Waals surface area contributed by atoms with Gasteiger partial charge in [0.25, 0.3) is 0 Å². The van der Waals surface area contributed by atoms with E-state index in [0.717, 1.165) is 0 Å². The minimum Gasteiger partial charge on any atom is -0.294 e. The van der Waals surface area contributed by atoms with E-state index in [4.69, 9.17) is 5.53 Å². The van der Waals surface area contributed by atoms with E-state index in [1.807, 2.05) is 0 Å². The van der Waals surface area contributed by atoms with Crippen molar-refractivity contribution in [3.05, 3.63) is 46.1 Å². The molecule has 0 atom stereocenters. The van der Waals surface area contributed by atoms with Gasteiger partial charge in [0.2, 0.25) is 0 Å². The predicted octanol–water partition coefficient (Wildman–Crippen LogP) is 2.71. The molecule has 0 N–H and O–H groups in total. The molecule has 0 aliphatic carbocycles. The van der Waals surface area contributed by atoms with E-state index >= 15 is 0 Å². The van der Waals surface area contributed by atoms with Gasteiger partial charge in [0, 0.05) is 23.4 Å². The molecule has 0 aromatic heterocycles. The second kappa shape index (κ2) is 4.99. The summed E-state index contributed by atoms with van der Waals surface area (Å²) in [5, 5.41) is 3.24. The first-order valence-corrected chi connectivity index (χ1v) is 4.03. The molecule has 5 heteroatoms. The summed E-state index contributed by atoms with van der Waals surface area (Å²) in [5.74, 6) is -0.533. The molecule has 0 aliphatic rings. The zero-order chi connectivity index (χ0) is 10.4. The SMILES string of the molecule is [N-]=[N+]=NCCC(=O)c1ccc(F)cc1. The van der Waals surface area contributed by atoms with Gasteiger partial charge >= 0.3 is 0 Å². The molecule has 0 spiro atoms. The molecule has 1 rings (SSSR count). The fourth-order valence-electron chi connectivity index (χ4n) is 0.976. The van der Waals surface area contributed by atoms with Crippen LogP contribution < -0.4 is 0 Å². The summed E-state index contributed by atoms with van der Waals surface area (Å²) < 4.78 is 12.5. The van der Waals surface area contributed by atoms with Crippen molar-refractivity contribution in [1.82, 2.24) is 0 Å². The highest BCUT2D eigenvalue weighted by molar-refractivity contribution is 5.96. The third-order valence-electron chi connectivity index (χ3n) is 1.67. The lowest BCUT2D eigenvalue weighted by Crippen LogP contribution is -2.00. The van der Waals surface area contributed by atoms with Crippen LogP contribution in [0.1, 0.15) is 16.8 Å². The van der Waals surface area contributed by atoms with Gasteiger partial charge in [0.1, 0.15) is 5.82 Å². The van der Waals surface area contributed by atoms with Gasteiger partial charge in [-0.15, -0.1) is 0 Å². The molecule has 0 saturated heterocycles. The van der Waals surface area contributed by atoms with Gasteiger partial charge in [-0.1, -0.05) is 5.11 Å². The molecule has 72 valence electrons. The molecule has 0 unspecified atom stereocenters. The molecule has 0 radical (unpaired) electrons. The third-order valence-corrected chi connectivity index (χ3v) is 1.67. The van der Waals surface area contributed by atoms with Crippen molar-refractivity contribution in [3.63, 3.8) is 0 Å². The number of Topliss-reactive ketones (excluding diaryl/α,β-unsaturated/α-hetero) is 1. The van der Waals surface area contributed by atoms with E-state index in [1.165, 1.54) is 24.3 Å².